The van der Waals surface area contributed by atoms with E-state index in [0.717, 1.165) is 24.5 Å². The number of aryl methyl sites for hydroxylation is 1. The van der Waals surface area contributed by atoms with Crippen LogP contribution in [0.5, 0.6) is 5.75 Å². The van der Waals surface area contributed by atoms with Crippen molar-refractivity contribution in [1.82, 2.24) is 14.8 Å². The van der Waals surface area contributed by atoms with Gasteiger partial charge in [0.15, 0.2) is 11.0 Å². The van der Waals surface area contributed by atoms with E-state index >= 15 is 0 Å². The Morgan fingerprint density at radius 1 is 1.12 bits per heavy atom. The Balaban J connectivity index is 1.69. The molecule has 1 heterocycles. The maximum absolute atomic E-state index is 12.7. The number of hydrogen-bond acceptors (Lipinski definition) is 5. The summed E-state index contributed by atoms with van der Waals surface area (Å²) in [5, 5.41) is 12.4. The topological polar surface area (TPSA) is 69.0 Å². The summed E-state index contributed by atoms with van der Waals surface area (Å²) in [5.74, 6) is 1.78. The summed E-state index contributed by atoms with van der Waals surface area (Å²) in [4.78, 5) is 12.7. The average Bonchev–Trinajstić information content (AvgIpc) is 3.14. The third-order valence-electron chi connectivity index (χ3n) is 4.82. The highest BCUT2D eigenvalue weighted by atomic mass is 35.5. The van der Waals surface area contributed by atoms with Crippen molar-refractivity contribution in [3.63, 3.8) is 0 Å². The van der Waals surface area contributed by atoms with Gasteiger partial charge in [-0.3, -0.25) is 4.79 Å². The number of nitrogens with zero attached hydrogens (tertiary/aromatic N) is 3. The molecule has 0 saturated carbocycles. The van der Waals surface area contributed by atoms with Gasteiger partial charge < -0.3 is 14.6 Å². The molecule has 1 unspecified atom stereocenters. The number of anilines is 1. The molecule has 0 saturated heterocycles. The number of thioether (sulfide) groups is 1. The molecule has 0 fully saturated rings. The monoisotopic (exact) mass is 472 g/mol. The number of nitrogens with one attached hydrogen (secondary N) is 1. The highest BCUT2D eigenvalue weighted by molar-refractivity contribution is 8.00. The van der Waals surface area contributed by atoms with E-state index in [1.165, 1.54) is 17.3 Å². The number of carbonyl (C=O) groups excluding carboxylic acids is 1. The Kier molecular flexibility index (Phi) is 8.59. The predicted octanol–water partition coefficient (Wildman–Crippen LogP) is 5.85. The Bertz CT molecular complexity index is 1040. The fourth-order valence-corrected chi connectivity index (χ4v) is 4.10. The Labute approximate surface area is 198 Å². The van der Waals surface area contributed by atoms with Crippen LogP contribution in [-0.4, -0.2) is 25.9 Å². The molecule has 0 spiro atoms. The van der Waals surface area contributed by atoms with Crippen LogP contribution < -0.4 is 10.1 Å². The molecule has 3 aromatic rings. The van der Waals surface area contributed by atoms with Crippen LogP contribution in [0, 0.1) is 5.92 Å². The van der Waals surface area contributed by atoms with Crippen molar-refractivity contribution in [1.29, 1.82) is 0 Å². The van der Waals surface area contributed by atoms with Crippen molar-refractivity contribution >= 4 is 35.0 Å². The van der Waals surface area contributed by atoms with Gasteiger partial charge in [0.2, 0.25) is 5.91 Å². The molecule has 32 heavy (non-hydrogen) atoms. The van der Waals surface area contributed by atoms with Crippen LogP contribution in [0.15, 0.2) is 53.7 Å². The minimum Gasteiger partial charge on any atom is -0.486 e. The molecule has 6 nitrogen and oxygen atoms in total. The van der Waals surface area contributed by atoms with Crippen molar-refractivity contribution < 1.29 is 9.53 Å². The maximum atomic E-state index is 12.7. The van der Waals surface area contributed by atoms with Crippen molar-refractivity contribution in [2.24, 2.45) is 5.92 Å². The Morgan fingerprint density at radius 3 is 2.50 bits per heavy atom. The molecule has 1 aromatic heterocycles. The third-order valence-corrected chi connectivity index (χ3v) is 6.23. The Morgan fingerprint density at radius 2 is 1.84 bits per heavy atom. The number of rotatable bonds is 10. The van der Waals surface area contributed by atoms with E-state index in [0.29, 0.717) is 28.4 Å². The van der Waals surface area contributed by atoms with Gasteiger partial charge in [0, 0.05) is 6.54 Å². The van der Waals surface area contributed by atoms with Crippen LogP contribution in [0.1, 0.15) is 39.1 Å². The summed E-state index contributed by atoms with van der Waals surface area (Å²) in [6, 6.07) is 15.3. The number of hydrogen-bond donors (Lipinski definition) is 1. The van der Waals surface area contributed by atoms with E-state index < -0.39 is 0 Å². The first kappa shape index (κ1) is 24.1. The number of aromatic nitrogens is 3. The molecule has 1 amide bonds. The third kappa shape index (κ3) is 6.50. The van der Waals surface area contributed by atoms with E-state index in [-0.39, 0.29) is 11.2 Å². The molecular formula is C24H29ClN4O2S. The van der Waals surface area contributed by atoms with Gasteiger partial charge in [0.1, 0.15) is 12.4 Å². The van der Waals surface area contributed by atoms with Crippen LogP contribution in [0.2, 0.25) is 5.02 Å². The fraction of sp³-hybridized carbons (Fsp3) is 0.375. The number of amides is 1. The van der Waals surface area contributed by atoms with Crippen LogP contribution in [-0.2, 0) is 24.4 Å². The predicted molar refractivity (Wildman–Crippen MR) is 130 cm³/mol. The number of halogens is 1. The van der Waals surface area contributed by atoms with E-state index in [2.05, 4.69) is 48.4 Å². The molecule has 0 bridgehead atoms. The highest BCUT2D eigenvalue weighted by Gasteiger charge is 2.21. The smallest absolute Gasteiger partial charge is 0.237 e. The van der Waals surface area contributed by atoms with Gasteiger partial charge >= 0.3 is 0 Å². The van der Waals surface area contributed by atoms with Crippen molar-refractivity contribution in [2.45, 2.75) is 57.7 Å². The zero-order valence-corrected chi connectivity index (χ0v) is 20.4. The van der Waals surface area contributed by atoms with Gasteiger partial charge in [0.25, 0.3) is 0 Å². The molecule has 2 aromatic carbocycles. The first-order chi connectivity index (χ1) is 15.4. The lowest BCUT2D eigenvalue weighted by Crippen LogP contribution is -2.23. The minimum atomic E-state index is -0.378. The first-order valence-electron chi connectivity index (χ1n) is 10.7. The zero-order chi connectivity index (χ0) is 23.1. The van der Waals surface area contributed by atoms with E-state index in [4.69, 9.17) is 16.3 Å². The molecule has 0 aliphatic heterocycles. The van der Waals surface area contributed by atoms with E-state index in [9.17, 15) is 4.79 Å². The average molecular weight is 473 g/mol. The van der Waals surface area contributed by atoms with Crippen molar-refractivity contribution in [3.8, 4) is 5.75 Å². The summed E-state index contributed by atoms with van der Waals surface area (Å²) < 4.78 is 7.98. The number of benzene rings is 2. The lowest BCUT2D eigenvalue weighted by molar-refractivity contribution is -0.115. The highest BCUT2D eigenvalue weighted by Crippen LogP contribution is 2.27. The fourth-order valence-electron chi connectivity index (χ4n) is 3.04. The SMILES string of the molecule is CCc1ccc(OCc2nnc(SC(C)C(=O)Nc3ccccc3Cl)n2CC(C)C)cc1. The van der Waals surface area contributed by atoms with E-state index in [1.807, 2.05) is 35.8 Å². The molecule has 1 atom stereocenters. The van der Waals surface area contributed by atoms with Gasteiger partial charge in [0.05, 0.1) is 16.0 Å². The molecule has 8 heteroatoms. The van der Waals surface area contributed by atoms with Crippen molar-refractivity contribution in [3.05, 3.63) is 64.9 Å². The summed E-state index contributed by atoms with van der Waals surface area (Å²) in [7, 11) is 0. The molecule has 0 aliphatic carbocycles. The second-order valence-electron chi connectivity index (χ2n) is 7.92. The molecule has 0 radical (unpaired) electrons. The number of ether oxygens (including phenoxy) is 1. The summed E-state index contributed by atoms with van der Waals surface area (Å²) in [6.07, 6.45) is 0.992. The zero-order valence-electron chi connectivity index (χ0n) is 18.8. The Hall–Kier alpha value is -2.51. The minimum absolute atomic E-state index is 0.143. The van der Waals surface area contributed by atoms with Crippen LogP contribution in [0.4, 0.5) is 5.69 Å². The largest absolute Gasteiger partial charge is 0.486 e. The van der Waals surface area contributed by atoms with Gasteiger partial charge in [-0.1, -0.05) is 68.4 Å². The molecule has 0 aliphatic rings. The summed E-state index contributed by atoms with van der Waals surface area (Å²) in [5.41, 5.74) is 1.86. The van der Waals surface area contributed by atoms with Gasteiger partial charge in [-0.25, -0.2) is 0 Å². The van der Waals surface area contributed by atoms with E-state index in [1.54, 1.807) is 12.1 Å². The normalized spacial score (nSPS) is 12.1. The number of carbonyl (C=O) groups is 1. The molecule has 1 N–H and O–H groups in total. The van der Waals surface area contributed by atoms with Crippen molar-refractivity contribution in [2.75, 3.05) is 5.32 Å². The molecule has 170 valence electrons. The lowest BCUT2D eigenvalue weighted by Gasteiger charge is -2.16. The van der Waals surface area contributed by atoms with Gasteiger partial charge in [-0.05, 0) is 49.1 Å². The first-order valence-corrected chi connectivity index (χ1v) is 12.0. The van der Waals surface area contributed by atoms with Gasteiger partial charge in [-0.2, -0.15) is 0 Å². The quantitative estimate of drug-likeness (QED) is 0.375. The molecular weight excluding hydrogens is 444 g/mol. The summed E-state index contributed by atoms with van der Waals surface area (Å²) in [6.45, 7) is 9.29. The standard InChI is InChI=1S/C24H29ClN4O2S/c1-5-18-10-12-19(13-11-18)31-15-22-27-28-24(29(22)14-16(2)3)32-17(4)23(30)26-21-9-7-6-8-20(21)25/h6-13,16-17H,5,14-15H2,1-4H3,(H,26,30). The van der Waals surface area contributed by atoms with Crippen LogP contribution >= 0.6 is 23.4 Å². The lowest BCUT2D eigenvalue weighted by atomic mass is 10.2. The van der Waals surface area contributed by atoms with Crippen LogP contribution in [0.3, 0.4) is 0 Å². The number of para-hydroxylation sites is 1. The second kappa shape index (κ2) is 11.4. The van der Waals surface area contributed by atoms with Gasteiger partial charge in [-0.15, -0.1) is 10.2 Å². The second-order valence-corrected chi connectivity index (χ2v) is 9.63. The summed E-state index contributed by atoms with van der Waals surface area (Å²) >= 11 is 7.53. The maximum Gasteiger partial charge on any atom is 0.237 e. The van der Waals surface area contributed by atoms with Crippen LogP contribution in [0.25, 0.3) is 0 Å². The molecule has 3 rings (SSSR count).